The lowest BCUT2D eigenvalue weighted by atomic mass is 9.98. The zero-order valence-corrected chi connectivity index (χ0v) is 45.5. The number of aliphatic hydroxyl groups excluding tert-OH is 1. The van der Waals surface area contributed by atoms with Crippen LogP contribution in [-0.2, 0) is 55.7 Å². The number of unbranched alkanes of at least 4 members (excludes halogenated alkanes) is 3. The van der Waals surface area contributed by atoms with Crippen LogP contribution in [0.5, 0.6) is 0 Å². The first kappa shape index (κ1) is 66.9. The second-order valence-corrected chi connectivity index (χ2v) is 19.7. The maximum Gasteiger partial charge on any atom is 0.416 e. The Bertz CT molecular complexity index is 2220. The highest BCUT2D eigenvalue weighted by Gasteiger charge is 2.41. The number of nitrogens with zero attached hydrogens (tertiary/aromatic N) is 2. The second-order valence-electron chi connectivity index (χ2n) is 18.2. The monoisotopic (exact) mass is 1210 g/mol. The summed E-state index contributed by atoms with van der Waals surface area (Å²) >= 11 is 1.90. The number of aliphatic hydroxyl groups is 1. The van der Waals surface area contributed by atoms with Gasteiger partial charge >= 0.3 is 12.1 Å². The third-order valence-electron chi connectivity index (χ3n) is 12.1. The highest BCUT2D eigenvalue weighted by molar-refractivity contribution is 14.1. The number of carbonyl (C=O) groups excluding carboxylic acids is 8. The number of carbonyl (C=O) groups is 9. The summed E-state index contributed by atoms with van der Waals surface area (Å²) < 4.78 is 42.3. The van der Waals surface area contributed by atoms with E-state index in [1.165, 1.54) is 13.0 Å². The smallest absolute Gasteiger partial charge is 0.416 e. The Morgan fingerprint density at radius 3 is 2.10 bits per heavy atom. The van der Waals surface area contributed by atoms with Gasteiger partial charge in [0.15, 0.2) is 5.96 Å². The van der Waals surface area contributed by atoms with Gasteiger partial charge in [-0.15, -0.1) is 0 Å². The zero-order valence-electron chi connectivity index (χ0n) is 43.3. The molecule has 0 bridgehead atoms. The average molecular weight is 1210 g/mol. The van der Waals surface area contributed by atoms with E-state index in [9.17, 15) is 66.5 Å². The van der Waals surface area contributed by atoms with Gasteiger partial charge in [-0.1, -0.05) is 79.5 Å². The molecule has 77 heavy (non-hydrogen) atoms. The minimum absolute atomic E-state index is 0.00829. The van der Waals surface area contributed by atoms with Crippen LogP contribution in [0.1, 0.15) is 102 Å². The van der Waals surface area contributed by atoms with Crippen LogP contribution in [0.4, 0.5) is 13.2 Å². The number of guanidine groups is 1. The van der Waals surface area contributed by atoms with Gasteiger partial charge < -0.3 is 81.0 Å². The molecule has 1 aromatic rings. The van der Waals surface area contributed by atoms with Crippen molar-refractivity contribution < 1.29 is 66.5 Å². The maximum absolute atomic E-state index is 14.3. The van der Waals surface area contributed by atoms with E-state index in [0.717, 1.165) is 29.2 Å². The van der Waals surface area contributed by atoms with Crippen molar-refractivity contribution >= 4 is 81.8 Å². The molecule has 1 aromatic carbocycles. The topological polar surface area (TPSA) is 424 Å². The summed E-state index contributed by atoms with van der Waals surface area (Å²) in [6.07, 6.45) is -2.24. The van der Waals surface area contributed by atoms with Crippen LogP contribution in [0.2, 0.25) is 0 Å². The van der Waals surface area contributed by atoms with Crippen LogP contribution in [0.3, 0.4) is 0 Å². The molecule has 0 unspecified atom stereocenters. The molecule has 0 spiro atoms. The molecule has 2 rings (SSSR count). The molecular weight excluding hydrogens is 1130 g/mol. The predicted molar refractivity (Wildman–Crippen MR) is 286 cm³/mol. The molecular formula is C48H76F3IN14O11. The molecule has 0 radical (unpaired) electrons. The Morgan fingerprint density at radius 1 is 0.818 bits per heavy atom. The van der Waals surface area contributed by atoms with Gasteiger partial charge in [-0.3, -0.25) is 43.3 Å². The Kier molecular flexibility index (Phi) is 30.0. The van der Waals surface area contributed by atoms with Gasteiger partial charge in [0, 0.05) is 26.1 Å². The van der Waals surface area contributed by atoms with Gasteiger partial charge in [0.25, 0.3) is 0 Å². The van der Waals surface area contributed by atoms with Crippen molar-refractivity contribution in [3.8, 4) is 0 Å². The molecule has 1 aliphatic heterocycles. The lowest BCUT2D eigenvalue weighted by molar-refractivity contribution is -0.142. The number of amides is 8. The Hall–Kier alpha value is -6.18. The van der Waals surface area contributed by atoms with Gasteiger partial charge in [-0.05, 0) is 83.0 Å². The summed E-state index contributed by atoms with van der Waals surface area (Å²) in [5.41, 5.74) is 25.4. The van der Waals surface area contributed by atoms with Crippen LogP contribution in [0, 0.1) is 0 Å². The van der Waals surface area contributed by atoms with Crippen molar-refractivity contribution in [1.82, 2.24) is 42.1 Å². The summed E-state index contributed by atoms with van der Waals surface area (Å²) in [4.78, 5) is 126. The van der Waals surface area contributed by atoms with Crippen molar-refractivity contribution in [3.63, 3.8) is 0 Å². The fourth-order valence-electron chi connectivity index (χ4n) is 7.96. The van der Waals surface area contributed by atoms with Crippen LogP contribution >= 0.6 is 22.6 Å². The molecule has 19 N–H and O–H groups in total. The van der Waals surface area contributed by atoms with E-state index in [0.29, 0.717) is 45.1 Å². The summed E-state index contributed by atoms with van der Waals surface area (Å²) in [6, 6.07) is -4.35. The number of rotatable bonds is 34. The third-order valence-corrected chi connectivity index (χ3v) is 13.3. The predicted octanol–water partition coefficient (Wildman–Crippen LogP) is -1.88. The zero-order chi connectivity index (χ0) is 57.8. The van der Waals surface area contributed by atoms with Crippen molar-refractivity contribution in [3.05, 3.63) is 47.2 Å². The minimum Gasteiger partial charge on any atom is -0.477 e. The Labute approximate surface area is 458 Å². The van der Waals surface area contributed by atoms with E-state index in [1.54, 1.807) is 0 Å². The number of hydrogen-bond acceptors (Lipinski definition) is 14. The van der Waals surface area contributed by atoms with Crippen LogP contribution < -0.4 is 65.9 Å². The number of nitrogens with two attached hydrogens (primary N) is 5. The van der Waals surface area contributed by atoms with E-state index in [-0.39, 0.29) is 64.1 Å². The first-order valence-corrected chi connectivity index (χ1v) is 26.6. The first-order valence-electron chi connectivity index (χ1n) is 25.4. The van der Waals surface area contributed by atoms with Gasteiger partial charge in [0.1, 0.15) is 41.9 Å². The fraction of sp³-hybridized carbons (Fsp3) is 0.625. The quantitative estimate of drug-likeness (QED) is 0.00897. The molecule has 1 saturated heterocycles. The maximum atomic E-state index is 14.3. The summed E-state index contributed by atoms with van der Waals surface area (Å²) in [7, 11) is 0. The molecule has 0 aromatic heterocycles. The Morgan fingerprint density at radius 2 is 1.48 bits per heavy atom. The normalized spacial score (nSPS) is 16.3. The molecule has 8 atom stereocenters. The third kappa shape index (κ3) is 23.5. The van der Waals surface area contributed by atoms with Crippen LogP contribution in [0.25, 0.3) is 0 Å². The SMILES string of the molecule is CCCCC[C@H](NC(=O)[C@H](Cc1ccccc1C(F)(F)F)NC(=O)[C@@H]1CCCN1C(=O)[C@@H](CCCN)NC(=O)CNC(=O)[C@H](C)NC(=O)[C@@H](NC(=O)[C@@H](I)CCCCN)[C@@H](O)CN)C(=O)N/C(=C\CCN=C(N)N)C(=O)O. The van der Waals surface area contributed by atoms with Gasteiger partial charge in [0.05, 0.1) is 22.1 Å². The van der Waals surface area contributed by atoms with E-state index in [1.807, 2.05) is 29.5 Å². The minimum atomic E-state index is -4.89. The molecule has 0 saturated carbocycles. The van der Waals surface area contributed by atoms with E-state index < -0.39 is 142 Å². The van der Waals surface area contributed by atoms with E-state index >= 15 is 0 Å². The number of benzene rings is 1. The number of nitrogens with one attached hydrogen (secondary N) is 7. The molecule has 1 heterocycles. The number of likely N-dealkylation sites (tertiary alicyclic amines) is 1. The molecule has 1 aliphatic rings. The van der Waals surface area contributed by atoms with Crippen LogP contribution in [0.15, 0.2) is 41.0 Å². The molecule has 1 fully saturated rings. The summed E-state index contributed by atoms with van der Waals surface area (Å²) in [6.45, 7) is 2.50. The lowest BCUT2D eigenvalue weighted by Crippen LogP contribution is -2.59. The average Bonchev–Trinajstić information content (AvgIpc) is 3.88. The second kappa shape index (κ2) is 34.6. The van der Waals surface area contributed by atoms with Gasteiger partial charge in [-0.25, -0.2) is 4.79 Å². The largest absolute Gasteiger partial charge is 0.477 e. The number of carboxylic acid groups (broad SMARTS) is 1. The molecule has 8 amide bonds. The van der Waals surface area contributed by atoms with Crippen molar-refractivity contribution in [2.24, 2.45) is 33.7 Å². The number of aliphatic carboxylic acids is 1. The van der Waals surface area contributed by atoms with Crippen molar-refractivity contribution in [2.75, 3.05) is 39.3 Å². The number of halogens is 4. The van der Waals surface area contributed by atoms with Crippen LogP contribution in [-0.4, -0.2) is 160 Å². The standard InChI is InChI=1S/C48H76F3IN14O11/c1-3-4-5-16-31(41(71)63-33(46(76)77)18-11-22-58-47(56)57)62-42(72)34(24-28-13-6-7-14-29(28)48(49,50)51)64-43(73)35-19-12-23-66(35)45(75)32(17-10-21-54)61-37(68)26-59-39(69)27(2)60-44(74)38(36(67)25-55)65-40(70)30(52)15-8-9-20-53/h6-7,13-14,18,27,30-32,34-36,38,67H,3-5,8-12,15-17,19-26,53-55H2,1-2H3,(H,59,69)(H,60,74)(H,61,68)(H,62,72)(H,63,71)(H,64,73)(H,65,70)(H,76,77)(H4,56,57,58)/b33-18-/t27-,30-,31-,32+,34-,35-,36-,38-/m0/s1. The number of carboxylic acids is 1. The van der Waals surface area contributed by atoms with Crippen molar-refractivity contribution in [1.29, 1.82) is 0 Å². The number of aliphatic imine (C=N–C) groups is 1. The highest BCUT2D eigenvalue weighted by Crippen LogP contribution is 2.32. The fourth-order valence-corrected chi connectivity index (χ4v) is 8.58. The lowest BCUT2D eigenvalue weighted by Gasteiger charge is -2.30. The van der Waals surface area contributed by atoms with Gasteiger partial charge in [0.2, 0.25) is 47.3 Å². The summed E-state index contributed by atoms with van der Waals surface area (Å²) in [5, 5.41) is 37.2. The number of alkyl halides is 4. The summed E-state index contributed by atoms with van der Waals surface area (Å²) in [5.74, 6) is -8.77. The van der Waals surface area contributed by atoms with Gasteiger partial charge in [-0.2, -0.15) is 13.2 Å². The van der Waals surface area contributed by atoms with E-state index in [4.69, 9.17) is 28.7 Å². The van der Waals surface area contributed by atoms with Crippen molar-refractivity contribution in [2.45, 2.75) is 150 Å². The first-order chi connectivity index (χ1) is 36.4. The molecule has 29 heteroatoms. The molecule has 0 aliphatic carbocycles. The molecule has 432 valence electrons. The highest BCUT2D eigenvalue weighted by atomic mass is 127. The molecule has 25 nitrogen and oxygen atoms in total. The number of hydrogen-bond donors (Lipinski definition) is 14. The van der Waals surface area contributed by atoms with E-state index in [2.05, 4.69) is 42.2 Å². The Balaban J connectivity index is 2.34.